The second kappa shape index (κ2) is 4.80. The number of hydrogen-bond acceptors (Lipinski definition) is 3. The highest BCUT2D eigenvalue weighted by Crippen LogP contribution is 2.29. The van der Waals surface area contributed by atoms with Crippen LogP contribution in [0.3, 0.4) is 0 Å². The van der Waals surface area contributed by atoms with Crippen molar-refractivity contribution < 1.29 is 5.11 Å². The number of piperidine rings is 1. The highest BCUT2D eigenvalue weighted by Gasteiger charge is 2.20. The molecule has 1 aromatic rings. The van der Waals surface area contributed by atoms with E-state index >= 15 is 0 Å². The SMILES string of the molecule is O[C@H]1CCCN(c2cc(Br)cnc2Br)C1. The Hall–Kier alpha value is -0.130. The lowest BCUT2D eigenvalue weighted by Crippen LogP contribution is -2.38. The van der Waals surface area contributed by atoms with Gasteiger partial charge in [-0.1, -0.05) is 0 Å². The lowest BCUT2D eigenvalue weighted by molar-refractivity contribution is 0.154. The number of halogens is 2. The molecule has 1 atom stereocenters. The van der Waals surface area contributed by atoms with Gasteiger partial charge in [0.2, 0.25) is 0 Å². The largest absolute Gasteiger partial charge is 0.391 e. The van der Waals surface area contributed by atoms with Gasteiger partial charge in [-0.15, -0.1) is 0 Å². The molecule has 1 aliphatic heterocycles. The summed E-state index contributed by atoms with van der Waals surface area (Å²) in [4.78, 5) is 6.39. The number of anilines is 1. The van der Waals surface area contributed by atoms with Crippen LogP contribution in [-0.4, -0.2) is 29.3 Å². The zero-order chi connectivity index (χ0) is 10.8. The predicted octanol–water partition coefficient (Wildman–Crippen LogP) is 2.57. The van der Waals surface area contributed by atoms with E-state index < -0.39 is 0 Å². The molecule has 82 valence electrons. The first kappa shape index (κ1) is 11.4. The van der Waals surface area contributed by atoms with Gasteiger partial charge in [-0.25, -0.2) is 4.98 Å². The molecule has 5 heteroatoms. The maximum atomic E-state index is 9.61. The van der Waals surface area contributed by atoms with Crippen LogP contribution < -0.4 is 4.90 Å². The van der Waals surface area contributed by atoms with Gasteiger partial charge in [0, 0.05) is 23.8 Å². The zero-order valence-electron chi connectivity index (χ0n) is 8.16. The maximum Gasteiger partial charge on any atom is 0.129 e. The molecule has 0 bridgehead atoms. The molecule has 0 aliphatic carbocycles. The second-order valence-electron chi connectivity index (χ2n) is 3.71. The van der Waals surface area contributed by atoms with Crippen molar-refractivity contribution in [1.29, 1.82) is 0 Å². The lowest BCUT2D eigenvalue weighted by Gasteiger charge is -2.32. The molecule has 15 heavy (non-hydrogen) atoms. The summed E-state index contributed by atoms with van der Waals surface area (Å²) in [7, 11) is 0. The van der Waals surface area contributed by atoms with Crippen LogP contribution in [0.15, 0.2) is 21.3 Å². The monoisotopic (exact) mass is 334 g/mol. The molecule has 2 rings (SSSR count). The van der Waals surface area contributed by atoms with Crippen LogP contribution in [0.25, 0.3) is 0 Å². The van der Waals surface area contributed by atoms with Crippen molar-refractivity contribution in [3.8, 4) is 0 Å². The molecule has 1 aliphatic rings. The molecule has 2 heterocycles. The van der Waals surface area contributed by atoms with Gasteiger partial charge in [0.25, 0.3) is 0 Å². The fourth-order valence-electron chi connectivity index (χ4n) is 1.81. The Kier molecular flexibility index (Phi) is 3.64. The van der Waals surface area contributed by atoms with Crippen molar-refractivity contribution in [3.63, 3.8) is 0 Å². The van der Waals surface area contributed by atoms with Gasteiger partial charge in [0.05, 0.1) is 11.8 Å². The average molecular weight is 336 g/mol. The highest BCUT2D eigenvalue weighted by atomic mass is 79.9. The van der Waals surface area contributed by atoms with E-state index in [2.05, 4.69) is 41.7 Å². The number of aliphatic hydroxyl groups excluding tert-OH is 1. The Bertz CT molecular complexity index is 359. The van der Waals surface area contributed by atoms with Gasteiger partial charge >= 0.3 is 0 Å². The first-order chi connectivity index (χ1) is 7.16. The third kappa shape index (κ3) is 2.71. The van der Waals surface area contributed by atoms with Crippen molar-refractivity contribution in [2.45, 2.75) is 18.9 Å². The van der Waals surface area contributed by atoms with Crippen molar-refractivity contribution in [2.75, 3.05) is 18.0 Å². The first-order valence-electron chi connectivity index (χ1n) is 4.91. The summed E-state index contributed by atoms with van der Waals surface area (Å²) in [6.45, 7) is 1.67. The van der Waals surface area contributed by atoms with Crippen molar-refractivity contribution in [1.82, 2.24) is 4.98 Å². The molecule has 1 aromatic heterocycles. The maximum absolute atomic E-state index is 9.61. The van der Waals surface area contributed by atoms with E-state index in [1.165, 1.54) is 0 Å². The molecular weight excluding hydrogens is 324 g/mol. The number of aromatic nitrogens is 1. The number of nitrogens with zero attached hydrogens (tertiary/aromatic N) is 2. The van der Waals surface area contributed by atoms with Gasteiger partial charge in [0.15, 0.2) is 0 Å². The molecule has 0 radical (unpaired) electrons. The average Bonchev–Trinajstić information content (AvgIpc) is 2.22. The van der Waals surface area contributed by atoms with Crippen LogP contribution in [0.2, 0.25) is 0 Å². The molecular formula is C10H12Br2N2O. The van der Waals surface area contributed by atoms with Crippen LogP contribution in [0.1, 0.15) is 12.8 Å². The summed E-state index contributed by atoms with van der Waals surface area (Å²) in [6, 6.07) is 2.02. The highest BCUT2D eigenvalue weighted by molar-refractivity contribution is 9.11. The van der Waals surface area contributed by atoms with E-state index in [0.717, 1.165) is 34.1 Å². The van der Waals surface area contributed by atoms with Gasteiger partial charge < -0.3 is 10.0 Å². The van der Waals surface area contributed by atoms with E-state index in [0.29, 0.717) is 6.54 Å². The fourth-order valence-corrected chi connectivity index (χ4v) is 2.59. The van der Waals surface area contributed by atoms with E-state index in [4.69, 9.17) is 0 Å². The minimum atomic E-state index is -0.218. The topological polar surface area (TPSA) is 36.4 Å². The predicted molar refractivity (Wildman–Crippen MR) is 67.1 cm³/mol. The van der Waals surface area contributed by atoms with Crippen LogP contribution in [-0.2, 0) is 0 Å². The molecule has 0 aromatic carbocycles. The smallest absolute Gasteiger partial charge is 0.129 e. The number of aliphatic hydroxyl groups is 1. The Morgan fingerprint density at radius 1 is 1.47 bits per heavy atom. The summed E-state index contributed by atoms with van der Waals surface area (Å²) < 4.78 is 1.79. The summed E-state index contributed by atoms with van der Waals surface area (Å²) in [6.07, 6.45) is 3.47. The molecule has 0 saturated carbocycles. The Balaban J connectivity index is 2.24. The summed E-state index contributed by atoms with van der Waals surface area (Å²) in [5.41, 5.74) is 1.04. The molecule has 0 spiro atoms. The van der Waals surface area contributed by atoms with Gasteiger partial charge in [0.1, 0.15) is 4.60 Å². The minimum Gasteiger partial charge on any atom is -0.391 e. The standard InChI is InChI=1S/C10H12Br2N2O/c11-7-4-9(10(12)13-5-7)14-3-1-2-8(15)6-14/h4-5,8,15H,1-3,6H2/t8-/m0/s1. The summed E-state index contributed by atoms with van der Waals surface area (Å²) >= 11 is 6.84. The van der Waals surface area contributed by atoms with Crippen molar-refractivity contribution in [3.05, 3.63) is 21.3 Å². The van der Waals surface area contributed by atoms with Crippen LogP contribution >= 0.6 is 31.9 Å². The van der Waals surface area contributed by atoms with Gasteiger partial charge in [-0.05, 0) is 50.8 Å². The number of hydrogen-bond donors (Lipinski definition) is 1. The quantitative estimate of drug-likeness (QED) is 0.801. The number of rotatable bonds is 1. The molecule has 1 fully saturated rings. The molecule has 1 N–H and O–H groups in total. The normalized spacial score (nSPS) is 21.8. The van der Waals surface area contributed by atoms with Crippen LogP contribution in [0.5, 0.6) is 0 Å². The van der Waals surface area contributed by atoms with E-state index in [1.54, 1.807) is 6.20 Å². The van der Waals surface area contributed by atoms with Crippen LogP contribution in [0, 0.1) is 0 Å². The zero-order valence-corrected chi connectivity index (χ0v) is 11.3. The number of β-amino-alcohol motifs (C(OH)–C–C–N with tert-alkyl or cyclic N) is 1. The van der Waals surface area contributed by atoms with Crippen molar-refractivity contribution >= 4 is 37.5 Å². The Labute approximate surface area is 106 Å². The number of pyridine rings is 1. The molecule has 0 amide bonds. The van der Waals surface area contributed by atoms with Gasteiger partial charge in [-0.3, -0.25) is 0 Å². The molecule has 0 unspecified atom stereocenters. The van der Waals surface area contributed by atoms with E-state index in [1.807, 2.05) is 6.07 Å². The van der Waals surface area contributed by atoms with Gasteiger partial charge in [-0.2, -0.15) is 0 Å². The third-order valence-electron chi connectivity index (χ3n) is 2.52. The van der Waals surface area contributed by atoms with E-state index in [-0.39, 0.29) is 6.10 Å². The minimum absolute atomic E-state index is 0.218. The van der Waals surface area contributed by atoms with Crippen molar-refractivity contribution in [2.24, 2.45) is 0 Å². The van der Waals surface area contributed by atoms with E-state index in [9.17, 15) is 5.11 Å². The first-order valence-corrected chi connectivity index (χ1v) is 6.49. The Morgan fingerprint density at radius 2 is 2.27 bits per heavy atom. The molecule has 3 nitrogen and oxygen atoms in total. The summed E-state index contributed by atoms with van der Waals surface area (Å²) in [5.74, 6) is 0. The summed E-state index contributed by atoms with van der Waals surface area (Å²) in [5, 5.41) is 9.61. The fraction of sp³-hybridized carbons (Fsp3) is 0.500. The Morgan fingerprint density at radius 3 is 3.00 bits per heavy atom. The molecule has 1 saturated heterocycles. The lowest BCUT2D eigenvalue weighted by atomic mass is 10.1. The third-order valence-corrected chi connectivity index (χ3v) is 3.57. The second-order valence-corrected chi connectivity index (χ2v) is 5.37. The van der Waals surface area contributed by atoms with Crippen LogP contribution in [0.4, 0.5) is 5.69 Å².